The summed E-state index contributed by atoms with van der Waals surface area (Å²) in [6, 6.07) is 0. The molecule has 0 aromatic carbocycles. The fourth-order valence-corrected chi connectivity index (χ4v) is 1.61. The van der Waals surface area contributed by atoms with Gasteiger partial charge in [0, 0.05) is 6.42 Å². The number of amides is 1. The molecule has 84 valence electrons. The molecule has 1 aliphatic heterocycles. The van der Waals surface area contributed by atoms with E-state index in [2.05, 4.69) is 9.89 Å². The summed E-state index contributed by atoms with van der Waals surface area (Å²) >= 11 is 0. The Balaban J connectivity index is 3.10. The Hall–Kier alpha value is -1.63. The first-order valence-corrected chi connectivity index (χ1v) is 4.26. The van der Waals surface area contributed by atoms with Crippen LogP contribution in [0.4, 0.5) is 0 Å². The molecule has 0 spiro atoms. The van der Waals surface area contributed by atoms with Crippen molar-refractivity contribution in [2.75, 3.05) is 14.2 Å². The Morgan fingerprint density at radius 1 is 1.67 bits per heavy atom. The van der Waals surface area contributed by atoms with Gasteiger partial charge in [0.1, 0.15) is 0 Å². The summed E-state index contributed by atoms with van der Waals surface area (Å²) in [6.07, 6.45) is 1.23. The first kappa shape index (κ1) is 11.4. The maximum absolute atomic E-state index is 11.5. The molecule has 1 atom stereocenters. The molecule has 1 N–H and O–H groups in total. The third-order valence-electron chi connectivity index (χ3n) is 2.30. The van der Waals surface area contributed by atoms with E-state index in [0.717, 1.165) is 11.3 Å². The number of rotatable bonds is 3. The standard InChI is InChI=1S/C8H12N2O5/c1-14-7(12)8(5-9-13)4-3-6(11)10(8)15-2/h5,13H,3-4H2,1-2H3/b9-5+. The highest BCUT2D eigenvalue weighted by molar-refractivity contribution is 6.05. The number of hydroxylamine groups is 2. The summed E-state index contributed by atoms with van der Waals surface area (Å²) in [5.74, 6) is -1.06. The Labute approximate surface area is 86.2 Å². The minimum atomic E-state index is -1.45. The second kappa shape index (κ2) is 4.26. The third-order valence-corrected chi connectivity index (χ3v) is 2.30. The van der Waals surface area contributed by atoms with Crippen LogP contribution in [0.1, 0.15) is 12.8 Å². The topological polar surface area (TPSA) is 88.4 Å². The molecule has 7 heteroatoms. The van der Waals surface area contributed by atoms with Crippen molar-refractivity contribution < 1.29 is 24.4 Å². The second-order valence-corrected chi connectivity index (χ2v) is 3.03. The van der Waals surface area contributed by atoms with E-state index in [4.69, 9.17) is 10.0 Å². The summed E-state index contributed by atoms with van der Waals surface area (Å²) in [5, 5.41) is 12.2. The summed E-state index contributed by atoms with van der Waals surface area (Å²) in [4.78, 5) is 27.7. The molecule has 1 rings (SSSR count). The van der Waals surface area contributed by atoms with Crippen molar-refractivity contribution in [2.24, 2.45) is 5.16 Å². The minimum absolute atomic E-state index is 0.134. The number of hydrogen-bond acceptors (Lipinski definition) is 6. The lowest BCUT2D eigenvalue weighted by atomic mass is 9.99. The Bertz CT molecular complexity index is 303. The van der Waals surface area contributed by atoms with Crippen molar-refractivity contribution in [1.29, 1.82) is 0 Å². The van der Waals surface area contributed by atoms with Crippen molar-refractivity contribution in [1.82, 2.24) is 5.06 Å². The predicted octanol–water partition coefficient (Wildman–Crippen LogP) is -0.458. The highest BCUT2D eigenvalue weighted by Gasteiger charge is 2.52. The first-order chi connectivity index (χ1) is 7.12. The van der Waals surface area contributed by atoms with Crippen LogP contribution < -0.4 is 0 Å². The van der Waals surface area contributed by atoms with Gasteiger partial charge >= 0.3 is 5.97 Å². The van der Waals surface area contributed by atoms with Gasteiger partial charge in [0.25, 0.3) is 0 Å². The monoisotopic (exact) mass is 216 g/mol. The van der Waals surface area contributed by atoms with Gasteiger partial charge in [0.15, 0.2) is 0 Å². The van der Waals surface area contributed by atoms with Crippen molar-refractivity contribution in [3.8, 4) is 0 Å². The van der Waals surface area contributed by atoms with Gasteiger partial charge in [-0.15, -0.1) is 0 Å². The van der Waals surface area contributed by atoms with E-state index in [1.54, 1.807) is 0 Å². The lowest BCUT2D eigenvalue weighted by Crippen LogP contribution is -2.53. The highest BCUT2D eigenvalue weighted by atomic mass is 16.7. The molecule has 0 aromatic rings. The van der Waals surface area contributed by atoms with E-state index < -0.39 is 11.5 Å². The Kier molecular flexibility index (Phi) is 3.25. The van der Waals surface area contributed by atoms with Crippen molar-refractivity contribution >= 4 is 18.1 Å². The molecular formula is C8H12N2O5. The molecule has 0 aromatic heterocycles. The SMILES string of the molecule is COC(=O)C1(/C=N/O)CCC(=O)N1OC. The molecule has 0 bridgehead atoms. The molecule has 0 radical (unpaired) electrons. The van der Waals surface area contributed by atoms with E-state index in [0.29, 0.717) is 0 Å². The van der Waals surface area contributed by atoms with Crippen molar-refractivity contribution in [3.63, 3.8) is 0 Å². The number of oxime groups is 1. The fraction of sp³-hybridized carbons (Fsp3) is 0.625. The number of carbonyl (C=O) groups excluding carboxylic acids is 2. The molecule has 1 saturated heterocycles. The van der Waals surface area contributed by atoms with E-state index in [-0.39, 0.29) is 18.7 Å². The first-order valence-electron chi connectivity index (χ1n) is 4.26. The van der Waals surface area contributed by atoms with Gasteiger partial charge in [0.05, 0.1) is 20.4 Å². The Morgan fingerprint density at radius 3 is 2.80 bits per heavy atom. The van der Waals surface area contributed by atoms with Crippen LogP contribution in [0.3, 0.4) is 0 Å². The van der Waals surface area contributed by atoms with Gasteiger partial charge in [-0.25, -0.2) is 4.79 Å². The van der Waals surface area contributed by atoms with E-state index in [1.165, 1.54) is 14.2 Å². The zero-order valence-electron chi connectivity index (χ0n) is 8.47. The summed E-state index contributed by atoms with van der Waals surface area (Å²) in [6.45, 7) is 0. The number of nitrogens with zero attached hydrogens (tertiary/aromatic N) is 2. The molecule has 1 amide bonds. The molecular weight excluding hydrogens is 204 g/mol. The largest absolute Gasteiger partial charge is 0.467 e. The minimum Gasteiger partial charge on any atom is -0.467 e. The summed E-state index contributed by atoms with van der Waals surface area (Å²) in [5.41, 5.74) is -1.45. The van der Waals surface area contributed by atoms with Gasteiger partial charge in [-0.1, -0.05) is 5.16 Å². The molecule has 1 unspecified atom stereocenters. The maximum Gasteiger partial charge on any atom is 0.340 e. The molecule has 1 aliphatic rings. The second-order valence-electron chi connectivity index (χ2n) is 3.03. The highest BCUT2D eigenvalue weighted by Crippen LogP contribution is 2.30. The van der Waals surface area contributed by atoms with Crippen molar-refractivity contribution in [2.45, 2.75) is 18.4 Å². The maximum atomic E-state index is 11.5. The molecule has 1 heterocycles. The van der Waals surface area contributed by atoms with Crippen LogP contribution in [0.2, 0.25) is 0 Å². The van der Waals surface area contributed by atoms with Crippen LogP contribution in [0.15, 0.2) is 5.16 Å². The van der Waals surface area contributed by atoms with Gasteiger partial charge in [0.2, 0.25) is 11.4 Å². The van der Waals surface area contributed by atoms with Gasteiger partial charge in [-0.05, 0) is 6.42 Å². The third kappa shape index (κ3) is 1.65. The molecule has 0 aliphatic carbocycles. The van der Waals surface area contributed by atoms with E-state index in [9.17, 15) is 9.59 Å². The smallest absolute Gasteiger partial charge is 0.340 e. The van der Waals surface area contributed by atoms with Crippen LogP contribution in [-0.4, -0.2) is 48.1 Å². The lowest BCUT2D eigenvalue weighted by molar-refractivity contribution is -0.196. The quantitative estimate of drug-likeness (QED) is 0.298. The number of hydrogen-bond donors (Lipinski definition) is 1. The van der Waals surface area contributed by atoms with E-state index >= 15 is 0 Å². The summed E-state index contributed by atoms with van der Waals surface area (Å²) in [7, 11) is 2.44. The molecule has 0 saturated carbocycles. The molecule has 7 nitrogen and oxygen atoms in total. The fourth-order valence-electron chi connectivity index (χ4n) is 1.61. The zero-order valence-corrected chi connectivity index (χ0v) is 8.47. The number of methoxy groups -OCH3 is 1. The van der Waals surface area contributed by atoms with Gasteiger partial charge < -0.3 is 9.94 Å². The normalized spacial score (nSPS) is 26.3. The lowest BCUT2D eigenvalue weighted by Gasteiger charge is -2.29. The van der Waals surface area contributed by atoms with Gasteiger partial charge in [-0.2, -0.15) is 5.06 Å². The van der Waals surface area contributed by atoms with Crippen LogP contribution in [0, 0.1) is 0 Å². The number of carbonyl (C=O) groups is 2. The Morgan fingerprint density at radius 2 is 2.33 bits per heavy atom. The van der Waals surface area contributed by atoms with Crippen LogP contribution >= 0.6 is 0 Å². The number of ether oxygens (including phenoxy) is 1. The average molecular weight is 216 g/mol. The van der Waals surface area contributed by atoms with Crippen molar-refractivity contribution in [3.05, 3.63) is 0 Å². The van der Waals surface area contributed by atoms with Crippen LogP contribution in [0.5, 0.6) is 0 Å². The zero-order chi connectivity index (χ0) is 11.5. The summed E-state index contributed by atoms with van der Waals surface area (Å²) < 4.78 is 4.56. The van der Waals surface area contributed by atoms with Crippen LogP contribution in [-0.2, 0) is 19.2 Å². The van der Waals surface area contributed by atoms with Crippen LogP contribution in [0.25, 0.3) is 0 Å². The van der Waals surface area contributed by atoms with E-state index in [1.807, 2.05) is 0 Å². The average Bonchev–Trinajstić information content (AvgIpc) is 2.56. The molecule has 1 fully saturated rings. The van der Waals surface area contributed by atoms with Gasteiger partial charge in [-0.3, -0.25) is 9.63 Å². The molecule has 15 heavy (non-hydrogen) atoms. The predicted molar refractivity (Wildman–Crippen MR) is 48.1 cm³/mol. The number of esters is 1.